The molecule has 3 aromatic carbocycles. The van der Waals surface area contributed by atoms with Crippen molar-refractivity contribution in [1.29, 1.82) is 0 Å². The number of halogens is 2. The second-order valence-corrected chi connectivity index (χ2v) is 15.4. The molecule has 3 heteroatoms. The molecule has 3 aromatic rings. The van der Waals surface area contributed by atoms with Gasteiger partial charge in [0.1, 0.15) is 0 Å². The van der Waals surface area contributed by atoms with E-state index in [9.17, 15) is 0 Å². The van der Waals surface area contributed by atoms with Gasteiger partial charge in [0.15, 0.2) is 0 Å². The third kappa shape index (κ3) is 7.75. The summed E-state index contributed by atoms with van der Waals surface area (Å²) in [5, 5.41) is 0. The summed E-state index contributed by atoms with van der Waals surface area (Å²) in [5.74, 6) is 0.522. The molecule has 234 valence electrons. The quantitative estimate of drug-likeness (QED) is 0.249. The SMILES string of the molecule is CC1=[C-]C(C)(C)c2cc3c(cc21)-c1cc2c(cc1C3)C(C)(C)C=C2C.CC1[C-]=CC(C(C)(C)C)=C1.[Cl-].[Cl-].[Zr+2]=[CH]c1ccccc1. The third-order valence-electron chi connectivity index (χ3n) is 9.20. The van der Waals surface area contributed by atoms with Gasteiger partial charge < -0.3 is 24.8 Å². The number of rotatable bonds is 1. The maximum atomic E-state index is 3.65. The van der Waals surface area contributed by atoms with Crippen LogP contribution in [-0.4, -0.2) is 3.71 Å². The zero-order valence-electron chi connectivity index (χ0n) is 28.5. The Labute approximate surface area is 300 Å². The van der Waals surface area contributed by atoms with E-state index in [4.69, 9.17) is 0 Å². The van der Waals surface area contributed by atoms with E-state index in [2.05, 4.69) is 152 Å². The predicted molar refractivity (Wildman–Crippen MR) is 183 cm³/mol. The van der Waals surface area contributed by atoms with Gasteiger partial charge in [-0.05, 0) is 58.4 Å². The van der Waals surface area contributed by atoms with Crippen molar-refractivity contribution < 1.29 is 49.0 Å². The molecule has 0 aliphatic heterocycles. The summed E-state index contributed by atoms with van der Waals surface area (Å²) in [5.41, 5.74) is 17.6. The minimum atomic E-state index is 0. The van der Waals surface area contributed by atoms with Gasteiger partial charge in [-0.25, -0.2) is 11.6 Å². The van der Waals surface area contributed by atoms with Crippen LogP contribution < -0.4 is 24.8 Å². The molecule has 0 saturated carbocycles. The van der Waals surface area contributed by atoms with Crippen molar-refractivity contribution in [1.82, 2.24) is 0 Å². The van der Waals surface area contributed by atoms with Crippen molar-refractivity contribution in [2.45, 2.75) is 86.5 Å². The fourth-order valence-corrected chi connectivity index (χ4v) is 7.35. The van der Waals surface area contributed by atoms with Gasteiger partial charge >= 0.3 is 63.8 Å². The Morgan fingerprint density at radius 1 is 0.822 bits per heavy atom. The fraction of sp³-hybridized carbons (Fsp3) is 0.357. The molecule has 0 nitrogen and oxygen atoms in total. The van der Waals surface area contributed by atoms with Crippen molar-refractivity contribution in [3.8, 4) is 11.1 Å². The van der Waals surface area contributed by atoms with Crippen LogP contribution in [0.5, 0.6) is 0 Å². The van der Waals surface area contributed by atoms with Crippen molar-refractivity contribution in [2.75, 3.05) is 0 Å². The van der Waals surface area contributed by atoms with Crippen molar-refractivity contribution in [3.05, 3.63) is 129 Å². The van der Waals surface area contributed by atoms with E-state index >= 15 is 0 Å². The van der Waals surface area contributed by atoms with Gasteiger partial charge in [-0.1, -0.05) is 97.3 Å². The fourth-order valence-electron chi connectivity index (χ4n) is 6.88. The Hall–Kier alpha value is -2.05. The standard InChI is InChI=1S/C25H25.C10H15.C7H6.2ClH.Zr/c1-14-12-24(3,4)22-8-16-7-17-9-23-19(15(2)13-25(23,5)6)11-21(17)20(16)10-18(14)22;1-8-5-6-9(7-8)10(2,3)4;1-7-5-3-2-4-6-7;;;/h8-12H,7H2,1-6H3;6-8H,1-4H3;1-6H;2*1H;/q2*-1;;;;+2/p-2. The van der Waals surface area contributed by atoms with Crippen molar-refractivity contribution in [2.24, 2.45) is 11.3 Å². The molecule has 0 amide bonds. The third-order valence-corrected chi connectivity index (χ3v) is 10.0. The average Bonchev–Trinajstić information content (AvgIpc) is 3.65. The molecular formula is C42H46Cl2Zr-2. The van der Waals surface area contributed by atoms with Gasteiger partial charge in [-0.2, -0.15) is 17.2 Å². The van der Waals surface area contributed by atoms with E-state index in [0.717, 1.165) is 6.42 Å². The van der Waals surface area contributed by atoms with Gasteiger partial charge in [-0.3, -0.25) is 12.2 Å². The molecule has 0 N–H and O–H groups in total. The Kier molecular flexibility index (Phi) is 11.6. The van der Waals surface area contributed by atoms with E-state index < -0.39 is 0 Å². The van der Waals surface area contributed by atoms with E-state index in [1.54, 1.807) is 0 Å². The first-order valence-electron chi connectivity index (χ1n) is 15.6. The van der Waals surface area contributed by atoms with Gasteiger partial charge in [0.05, 0.1) is 0 Å². The van der Waals surface area contributed by atoms with Crippen LogP contribution in [-0.2, 0) is 41.5 Å². The number of allylic oxidation sites excluding steroid dienone is 8. The van der Waals surface area contributed by atoms with E-state index in [-0.39, 0.29) is 35.6 Å². The van der Waals surface area contributed by atoms with E-state index in [1.165, 1.54) is 91.0 Å². The number of hydrogen-bond donors (Lipinski definition) is 0. The normalized spacial score (nSPS) is 18.6. The van der Waals surface area contributed by atoms with E-state index in [1.807, 2.05) is 6.07 Å². The second kappa shape index (κ2) is 14.0. The molecular weight excluding hydrogens is 667 g/mol. The molecule has 0 bridgehead atoms. The molecule has 4 aliphatic rings. The Balaban J connectivity index is 0.000000229. The average molecular weight is 713 g/mol. The topological polar surface area (TPSA) is 0 Å². The molecule has 45 heavy (non-hydrogen) atoms. The summed E-state index contributed by atoms with van der Waals surface area (Å²) >= 11 is 1.46. The molecule has 4 aliphatic carbocycles. The zero-order valence-corrected chi connectivity index (χ0v) is 32.5. The summed E-state index contributed by atoms with van der Waals surface area (Å²) in [6.07, 6.45) is 14.8. The summed E-state index contributed by atoms with van der Waals surface area (Å²) in [7, 11) is 0. The van der Waals surface area contributed by atoms with Crippen LogP contribution in [0, 0.1) is 23.5 Å². The number of hydrogen-bond acceptors (Lipinski definition) is 0. The molecule has 0 radical (unpaired) electrons. The molecule has 0 heterocycles. The van der Waals surface area contributed by atoms with Crippen LogP contribution >= 0.6 is 0 Å². The van der Waals surface area contributed by atoms with Crippen LogP contribution in [0.1, 0.15) is 108 Å². The zero-order chi connectivity index (χ0) is 31.3. The van der Waals surface area contributed by atoms with Crippen LogP contribution in [0.2, 0.25) is 0 Å². The number of benzene rings is 3. The molecule has 1 unspecified atom stereocenters. The summed E-state index contributed by atoms with van der Waals surface area (Å²) in [6.45, 7) is 22.5. The predicted octanol–water partition coefficient (Wildman–Crippen LogP) is 4.81. The maximum absolute atomic E-state index is 3.65. The van der Waals surface area contributed by atoms with Crippen LogP contribution in [0.25, 0.3) is 22.3 Å². The summed E-state index contributed by atoms with van der Waals surface area (Å²) in [6, 6.07) is 20.2. The molecule has 0 aromatic heterocycles. The molecule has 7 rings (SSSR count). The van der Waals surface area contributed by atoms with Crippen LogP contribution in [0.15, 0.2) is 78.4 Å². The Morgan fingerprint density at radius 3 is 1.89 bits per heavy atom. The first-order valence-corrected chi connectivity index (χ1v) is 17.1. The summed E-state index contributed by atoms with van der Waals surface area (Å²) < 4.78 is 2.17. The molecule has 0 spiro atoms. The van der Waals surface area contributed by atoms with Gasteiger partial charge in [0, 0.05) is 5.41 Å². The Morgan fingerprint density at radius 2 is 1.40 bits per heavy atom. The summed E-state index contributed by atoms with van der Waals surface area (Å²) in [4.78, 5) is 0. The second-order valence-electron chi connectivity index (χ2n) is 14.7. The van der Waals surface area contributed by atoms with Gasteiger partial charge in [0.25, 0.3) is 0 Å². The first-order chi connectivity index (χ1) is 20.1. The monoisotopic (exact) mass is 710 g/mol. The Bertz CT molecular complexity index is 1620. The van der Waals surface area contributed by atoms with E-state index in [0.29, 0.717) is 11.3 Å². The van der Waals surface area contributed by atoms with Gasteiger partial charge in [-0.15, -0.1) is 11.6 Å². The van der Waals surface area contributed by atoms with Crippen LogP contribution in [0.3, 0.4) is 0 Å². The first kappa shape index (κ1) is 37.4. The number of fused-ring (bicyclic) bond motifs is 5. The molecule has 0 fully saturated rings. The minimum absolute atomic E-state index is 0. The van der Waals surface area contributed by atoms with Crippen LogP contribution in [0.4, 0.5) is 0 Å². The van der Waals surface area contributed by atoms with Crippen molar-refractivity contribution in [3.63, 3.8) is 0 Å². The van der Waals surface area contributed by atoms with Gasteiger partial charge in [0.2, 0.25) is 0 Å². The molecule has 0 saturated heterocycles. The molecule has 1 atom stereocenters. The van der Waals surface area contributed by atoms with Crippen molar-refractivity contribution >= 4 is 14.9 Å².